The highest BCUT2D eigenvalue weighted by Gasteiger charge is 2.21. The van der Waals surface area contributed by atoms with Gasteiger partial charge in [-0.25, -0.2) is 0 Å². The first kappa shape index (κ1) is 18.2. The van der Waals surface area contributed by atoms with Crippen molar-refractivity contribution in [2.75, 3.05) is 12.3 Å². The minimum atomic E-state index is -1.23. The Hall–Kier alpha value is -1.81. The maximum atomic E-state index is 11.5. The molecule has 20 heavy (non-hydrogen) atoms. The lowest BCUT2D eigenvalue weighted by Crippen LogP contribution is -2.49. The number of rotatable bonds is 9. The van der Waals surface area contributed by atoms with Gasteiger partial charge in [0.05, 0.1) is 0 Å². The summed E-state index contributed by atoms with van der Waals surface area (Å²) in [4.78, 5) is 43.7. The molecule has 9 nitrogen and oxygen atoms in total. The van der Waals surface area contributed by atoms with Crippen molar-refractivity contribution in [3.63, 3.8) is 0 Å². The van der Waals surface area contributed by atoms with E-state index in [0.717, 1.165) is 0 Å². The van der Waals surface area contributed by atoms with Crippen LogP contribution in [-0.2, 0) is 19.2 Å². The number of carboxylic acid groups (broad SMARTS) is 2. The molecule has 6 N–H and O–H groups in total. The molecule has 0 saturated heterocycles. The van der Waals surface area contributed by atoms with Gasteiger partial charge >= 0.3 is 11.9 Å². The summed E-state index contributed by atoms with van der Waals surface area (Å²) in [5.74, 6) is -3.88. The summed E-state index contributed by atoms with van der Waals surface area (Å²) >= 11 is 4.68. The van der Waals surface area contributed by atoms with Gasteiger partial charge in [0, 0.05) is 12.2 Å². The quantitative estimate of drug-likeness (QED) is 0.331. The van der Waals surface area contributed by atoms with Gasteiger partial charge in [0.1, 0.15) is 18.6 Å². The van der Waals surface area contributed by atoms with Crippen molar-refractivity contribution in [3.8, 4) is 0 Å². The summed E-state index contributed by atoms with van der Waals surface area (Å²) < 4.78 is 0. The second-order valence-electron chi connectivity index (χ2n) is 3.88. The smallest absolute Gasteiger partial charge is 0.322 e. The second-order valence-corrected chi connectivity index (χ2v) is 4.22. The van der Waals surface area contributed by atoms with Gasteiger partial charge < -0.3 is 26.6 Å². The highest BCUT2D eigenvalue weighted by Crippen LogP contribution is 1.97. The molecule has 0 bridgehead atoms. The van der Waals surface area contributed by atoms with E-state index in [-0.39, 0.29) is 18.6 Å². The monoisotopic (exact) mass is 306 g/mol. The van der Waals surface area contributed by atoms with E-state index in [1.807, 2.05) is 0 Å². The molecular formula is C10H16N3O6S. The molecular weight excluding hydrogens is 290 g/mol. The fraction of sp³-hybridized carbons (Fsp3) is 0.600. The molecule has 0 aliphatic carbocycles. The first-order valence-corrected chi connectivity index (χ1v) is 6.21. The van der Waals surface area contributed by atoms with Crippen molar-refractivity contribution in [1.29, 1.82) is 0 Å². The zero-order valence-corrected chi connectivity index (χ0v) is 11.3. The highest BCUT2D eigenvalue weighted by molar-refractivity contribution is 7.80. The average molecular weight is 306 g/mol. The fourth-order valence-electron chi connectivity index (χ4n) is 1.15. The molecule has 113 valence electrons. The minimum Gasteiger partial charge on any atom is -0.480 e. The molecule has 0 rings (SSSR count). The van der Waals surface area contributed by atoms with E-state index in [4.69, 9.17) is 15.9 Å². The largest absolute Gasteiger partial charge is 0.480 e. The molecule has 0 aromatic carbocycles. The molecule has 0 aromatic heterocycles. The molecule has 0 fully saturated rings. The Morgan fingerprint density at radius 1 is 1.20 bits per heavy atom. The van der Waals surface area contributed by atoms with E-state index in [0.29, 0.717) is 0 Å². The number of amides is 2. The Balaban J connectivity index is 4.21. The summed E-state index contributed by atoms with van der Waals surface area (Å²) in [5.41, 5.74) is 5.22. The maximum Gasteiger partial charge on any atom is 0.322 e. The van der Waals surface area contributed by atoms with Crippen LogP contribution in [0.4, 0.5) is 0 Å². The van der Waals surface area contributed by atoms with E-state index >= 15 is 0 Å². The molecule has 10 heteroatoms. The van der Waals surface area contributed by atoms with E-state index in [1.54, 1.807) is 0 Å². The van der Waals surface area contributed by atoms with Crippen LogP contribution in [-0.4, -0.2) is 58.3 Å². The summed E-state index contributed by atoms with van der Waals surface area (Å²) in [5, 5.41) is 21.3. The van der Waals surface area contributed by atoms with Gasteiger partial charge in [0.25, 0.3) is 0 Å². The summed E-state index contributed by atoms with van der Waals surface area (Å²) in [6, 6.07) is -2.21. The standard InChI is InChI=1S/C10H16N3O6S/c11-5(10(18)19)1-2-7(14)13-6(4-20)9(17)12-3-8(15)16/h5-6H,1-4,11H2,(H,12,17)(H,13,14)(H,15,16)(H,18,19). The zero-order chi connectivity index (χ0) is 15.7. The van der Waals surface area contributed by atoms with E-state index in [1.165, 1.54) is 0 Å². The van der Waals surface area contributed by atoms with Crippen LogP contribution in [0.3, 0.4) is 0 Å². The van der Waals surface area contributed by atoms with Gasteiger partial charge in [0.15, 0.2) is 0 Å². The second kappa shape index (κ2) is 9.15. The van der Waals surface area contributed by atoms with Gasteiger partial charge in [0.2, 0.25) is 11.8 Å². The fourth-order valence-corrected chi connectivity index (χ4v) is 1.38. The molecule has 0 aromatic rings. The number of carboxylic acids is 2. The topological polar surface area (TPSA) is 159 Å². The molecule has 2 atom stereocenters. The van der Waals surface area contributed by atoms with E-state index in [2.05, 4.69) is 23.3 Å². The van der Waals surface area contributed by atoms with Gasteiger partial charge in [-0.3, -0.25) is 19.2 Å². The number of nitrogens with two attached hydrogens (primary N) is 1. The van der Waals surface area contributed by atoms with Crippen LogP contribution in [0.15, 0.2) is 0 Å². The Morgan fingerprint density at radius 3 is 2.25 bits per heavy atom. The molecule has 0 aliphatic heterocycles. The number of carbonyl (C=O) groups is 4. The molecule has 0 aliphatic rings. The first-order valence-electron chi connectivity index (χ1n) is 5.63. The lowest BCUT2D eigenvalue weighted by molar-refractivity contribution is -0.139. The third-order valence-electron chi connectivity index (χ3n) is 2.23. The summed E-state index contributed by atoms with van der Waals surface area (Å²) in [6.07, 6.45) is -0.256. The Bertz CT molecular complexity index is 389. The molecule has 1 radical (unpaired) electrons. The normalized spacial score (nSPS) is 13.1. The number of carbonyl (C=O) groups excluding carboxylic acids is 2. The maximum absolute atomic E-state index is 11.5. The van der Waals surface area contributed by atoms with Crippen LogP contribution in [0.2, 0.25) is 0 Å². The molecule has 2 unspecified atom stereocenters. The number of nitrogens with one attached hydrogen (secondary N) is 2. The highest BCUT2D eigenvalue weighted by atomic mass is 32.1. The molecule has 0 saturated carbocycles. The predicted molar refractivity (Wildman–Crippen MR) is 69.9 cm³/mol. The molecule has 2 amide bonds. The van der Waals surface area contributed by atoms with Gasteiger partial charge in [-0.15, -0.1) is 0 Å². The Morgan fingerprint density at radius 2 is 1.80 bits per heavy atom. The van der Waals surface area contributed by atoms with Gasteiger partial charge in [-0.05, 0) is 6.42 Å². The van der Waals surface area contributed by atoms with Crippen LogP contribution < -0.4 is 16.4 Å². The van der Waals surface area contributed by atoms with Crippen LogP contribution in [0, 0.1) is 0 Å². The van der Waals surface area contributed by atoms with E-state index < -0.39 is 42.4 Å². The third-order valence-corrected chi connectivity index (χ3v) is 2.57. The minimum absolute atomic E-state index is 0.0813. The Labute approximate surface area is 120 Å². The van der Waals surface area contributed by atoms with Crippen molar-refractivity contribution < 1.29 is 29.4 Å². The van der Waals surface area contributed by atoms with Crippen LogP contribution >= 0.6 is 12.6 Å². The lowest BCUT2D eigenvalue weighted by Gasteiger charge is -2.15. The van der Waals surface area contributed by atoms with E-state index in [9.17, 15) is 19.2 Å². The third kappa shape index (κ3) is 7.59. The van der Waals surface area contributed by atoms with Crippen molar-refractivity contribution in [2.45, 2.75) is 24.9 Å². The van der Waals surface area contributed by atoms with Crippen LogP contribution in [0.1, 0.15) is 12.8 Å². The first-order chi connectivity index (χ1) is 9.27. The number of hydrogen-bond acceptors (Lipinski definition) is 5. The Kier molecular flexibility index (Phi) is 8.32. The SMILES string of the molecule is NC(CCC(=O)NC(C[S])C(=O)NCC(=O)O)C(=O)O. The number of hydrogen-bond donors (Lipinski definition) is 5. The van der Waals surface area contributed by atoms with Crippen molar-refractivity contribution in [3.05, 3.63) is 0 Å². The summed E-state index contributed by atoms with van der Waals surface area (Å²) in [7, 11) is 0. The lowest BCUT2D eigenvalue weighted by atomic mass is 10.1. The molecule has 0 heterocycles. The van der Waals surface area contributed by atoms with Crippen molar-refractivity contribution >= 4 is 36.4 Å². The molecule has 0 spiro atoms. The average Bonchev–Trinajstić information content (AvgIpc) is 2.38. The zero-order valence-electron chi connectivity index (χ0n) is 10.5. The van der Waals surface area contributed by atoms with Crippen LogP contribution in [0.5, 0.6) is 0 Å². The summed E-state index contributed by atoms with van der Waals surface area (Å²) in [6.45, 7) is -0.579. The number of aliphatic carboxylic acids is 2. The van der Waals surface area contributed by atoms with Gasteiger partial charge in [-0.2, -0.15) is 0 Å². The predicted octanol–water partition coefficient (Wildman–Crippen LogP) is -1.94. The van der Waals surface area contributed by atoms with Crippen LogP contribution in [0.25, 0.3) is 0 Å². The van der Waals surface area contributed by atoms with Crippen molar-refractivity contribution in [1.82, 2.24) is 10.6 Å². The van der Waals surface area contributed by atoms with Gasteiger partial charge in [-0.1, -0.05) is 12.6 Å². The van der Waals surface area contributed by atoms with Crippen molar-refractivity contribution in [2.24, 2.45) is 5.73 Å².